The van der Waals surface area contributed by atoms with Crippen LogP contribution in [0.15, 0.2) is 23.2 Å². The number of nitrogens with two attached hydrogens (primary N) is 1. The number of halogens is 2. The number of imidazole rings is 1. The average Bonchev–Trinajstić information content (AvgIpc) is 3.56. The molecule has 2 aliphatic heterocycles. The molecule has 0 spiro atoms. The van der Waals surface area contributed by atoms with Crippen molar-refractivity contribution in [1.82, 2.24) is 19.0 Å². The first-order valence-electron chi connectivity index (χ1n) is 13.1. The number of hydrogen-bond acceptors (Lipinski definition) is 6. The van der Waals surface area contributed by atoms with Gasteiger partial charge in [-0.05, 0) is 49.8 Å². The molecule has 1 aliphatic carbocycles. The fraction of sp³-hybridized carbons (Fsp3) is 0.519. The van der Waals surface area contributed by atoms with Crippen molar-refractivity contribution in [1.29, 1.82) is 0 Å². The third-order valence-corrected chi connectivity index (χ3v) is 7.80. The maximum absolute atomic E-state index is 13.5. The van der Waals surface area contributed by atoms with Gasteiger partial charge in [-0.3, -0.25) is 9.79 Å². The Bertz CT molecular complexity index is 1510. The summed E-state index contributed by atoms with van der Waals surface area (Å²) in [6, 6.07) is 4.78. The molecule has 2 N–H and O–H groups in total. The Balaban J connectivity index is 1.45. The maximum Gasteiger partial charge on any atom is 0.387 e. The monoisotopic (exact) mass is 526 g/mol. The molecule has 11 heteroatoms. The molecular weight excluding hydrogens is 494 g/mol. The molecule has 3 aliphatic rings. The lowest BCUT2D eigenvalue weighted by atomic mass is 10.0. The van der Waals surface area contributed by atoms with E-state index in [1.165, 1.54) is 18.9 Å². The molecule has 2 aromatic heterocycles. The first-order chi connectivity index (χ1) is 18.3. The van der Waals surface area contributed by atoms with E-state index in [0.717, 1.165) is 35.9 Å². The number of methoxy groups -OCH3 is 1. The highest BCUT2D eigenvalue weighted by atomic mass is 19.3. The number of amides is 1. The zero-order valence-corrected chi connectivity index (χ0v) is 21.6. The highest BCUT2D eigenvalue weighted by Crippen LogP contribution is 2.35. The van der Waals surface area contributed by atoms with Gasteiger partial charge in [0.2, 0.25) is 0 Å². The van der Waals surface area contributed by atoms with Crippen LogP contribution in [0.5, 0.6) is 5.75 Å². The number of ether oxygens (including phenoxy) is 2. The molecule has 1 amide bonds. The van der Waals surface area contributed by atoms with Crippen molar-refractivity contribution < 1.29 is 23.0 Å². The van der Waals surface area contributed by atoms with E-state index in [4.69, 9.17) is 25.2 Å². The highest BCUT2D eigenvalue weighted by Gasteiger charge is 2.31. The second kappa shape index (κ2) is 9.77. The van der Waals surface area contributed by atoms with Crippen LogP contribution in [0.2, 0.25) is 0 Å². The minimum atomic E-state index is -3.05. The number of fused-ring (bicyclic) bond motifs is 2. The van der Waals surface area contributed by atoms with Crippen molar-refractivity contribution in [2.24, 2.45) is 23.7 Å². The summed E-state index contributed by atoms with van der Waals surface area (Å²) in [5.74, 6) is 0.835. The number of piperidine rings is 1. The Morgan fingerprint density at radius 1 is 1.24 bits per heavy atom. The van der Waals surface area contributed by atoms with Crippen molar-refractivity contribution in [2.45, 2.75) is 51.0 Å². The van der Waals surface area contributed by atoms with E-state index < -0.39 is 6.61 Å². The summed E-state index contributed by atoms with van der Waals surface area (Å²) in [6.07, 6.45) is 5.90. The minimum Gasteiger partial charge on any atom is -0.432 e. The largest absolute Gasteiger partial charge is 0.432 e. The van der Waals surface area contributed by atoms with E-state index in [2.05, 4.69) is 16.7 Å². The first kappa shape index (κ1) is 25.0. The van der Waals surface area contributed by atoms with Gasteiger partial charge in [-0.2, -0.15) is 8.78 Å². The van der Waals surface area contributed by atoms with Crippen LogP contribution in [-0.2, 0) is 18.3 Å². The number of likely N-dealkylation sites (tertiary alicyclic amines) is 1. The van der Waals surface area contributed by atoms with E-state index in [0.29, 0.717) is 42.3 Å². The fourth-order valence-electron chi connectivity index (χ4n) is 5.67. The summed E-state index contributed by atoms with van der Waals surface area (Å²) in [7, 11) is 3.39. The van der Waals surface area contributed by atoms with Gasteiger partial charge < -0.3 is 29.2 Å². The zero-order valence-electron chi connectivity index (χ0n) is 21.6. The number of hydrogen-bond donors (Lipinski definition) is 1. The standard InChI is InChI=1S/C27H32F2N6O3/c1-33-23-19(32-25(33)20-11-16-4-3-8-31-24(16)35(20)13-15-5-6-15)10-17(12-22(23)38-27(28)29)26(36)34-9-7-21(37-2)18(30)14-34/h4,10-12,15,18,21,27H,3,5-9,13-14,30H2,1-2H3/t18-,21+/m0/s1. The third-order valence-electron chi connectivity index (χ3n) is 7.80. The Kier molecular flexibility index (Phi) is 6.43. The lowest BCUT2D eigenvalue weighted by Gasteiger charge is -2.36. The summed E-state index contributed by atoms with van der Waals surface area (Å²) >= 11 is 0. The predicted octanol–water partition coefficient (Wildman–Crippen LogP) is 2.05. The first-order valence-corrected chi connectivity index (χ1v) is 13.1. The van der Waals surface area contributed by atoms with Crippen LogP contribution in [0, 0.1) is 5.92 Å². The predicted molar refractivity (Wildman–Crippen MR) is 138 cm³/mol. The molecular formula is C27H32F2N6O3. The van der Waals surface area contributed by atoms with Crippen LogP contribution in [0.4, 0.5) is 8.78 Å². The smallest absolute Gasteiger partial charge is 0.387 e. The van der Waals surface area contributed by atoms with Gasteiger partial charge in [0.15, 0.2) is 11.6 Å². The van der Waals surface area contributed by atoms with Gasteiger partial charge in [-0.25, -0.2) is 4.98 Å². The van der Waals surface area contributed by atoms with Crippen molar-refractivity contribution in [3.8, 4) is 17.3 Å². The van der Waals surface area contributed by atoms with E-state index in [-0.39, 0.29) is 29.4 Å². The van der Waals surface area contributed by atoms with Crippen LogP contribution >= 0.6 is 0 Å². The average molecular weight is 527 g/mol. The summed E-state index contributed by atoms with van der Waals surface area (Å²) < 4.78 is 41.3. The third kappa shape index (κ3) is 4.47. The minimum absolute atomic E-state index is 0.0838. The Hall–Kier alpha value is -3.31. The van der Waals surface area contributed by atoms with Crippen LogP contribution in [0.25, 0.3) is 28.6 Å². The van der Waals surface area contributed by atoms with E-state index >= 15 is 0 Å². The van der Waals surface area contributed by atoms with Gasteiger partial charge >= 0.3 is 6.61 Å². The molecule has 1 saturated heterocycles. The Morgan fingerprint density at radius 3 is 2.76 bits per heavy atom. The van der Waals surface area contributed by atoms with Crippen molar-refractivity contribution >= 4 is 23.0 Å². The van der Waals surface area contributed by atoms with Crippen molar-refractivity contribution in [3.63, 3.8) is 0 Å². The molecule has 1 aromatic carbocycles. The van der Waals surface area contributed by atoms with Gasteiger partial charge in [0.1, 0.15) is 11.0 Å². The SMILES string of the molecule is CO[C@@H]1CCN(C(=O)c2cc(OC(F)F)c3c(c2)nc(-c2cc4c(n2CC2CC2)=NCCC=4)n3C)C[C@@H]1N. The van der Waals surface area contributed by atoms with Crippen LogP contribution in [0.3, 0.4) is 0 Å². The molecule has 0 unspecified atom stereocenters. The van der Waals surface area contributed by atoms with Gasteiger partial charge in [0.05, 0.1) is 17.3 Å². The topological polar surface area (TPSA) is 99.9 Å². The number of carbonyl (C=O) groups excluding carboxylic acids is 1. The normalized spacial score (nSPS) is 21.4. The molecule has 4 heterocycles. The molecule has 1 saturated carbocycles. The van der Waals surface area contributed by atoms with Gasteiger partial charge in [-0.1, -0.05) is 6.08 Å². The number of nitrogens with zero attached hydrogens (tertiary/aromatic N) is 5. The lowest BCUT2D eigenvalue weighted by Crippen LogP contribution is -2.53. The number of benzene rings is 1. The number of alkyl halides is 2. The molecule has 202 valence electrons. The number of aromatic nitrogens is 3. The van der Waals surface area contributed by atoms with Crippen molar-refractivity contribution in [3.05, 3.63) is 34.5 Å². The lowest BCUT2D eigenvalue weighted by molar-refractivity contribution is -0.0490. The zero-order chi connectivity index (χ0) is 26.6. The molecule has 2 atom stereocenters. The summed E-state index contributed by atoms with van der Waals surface area (Å²) in [4.78, 5) is 24.7. The number of rotatable bonds is 7. The molecule has 38 heavy (non-hydrogen) atoms. The molecule has 9 nitrogen and oxygen atoms in total. The number of carbonyl (C=O) groups is 1. The summed E-state index contributed by atoms with van der Waals surface area (Å²) in [5.41, 5.74) is 9.07. The van der Waals surface area contributed by atoms with Crippen LogP contribution < -0.4 is 21.2 Å². The second-order valence-corrected chi connectivity index (χ2v) is 10.4. The van der Waals surface area contributed by atoms with Gasteiger partial charge in [0, 0.05) is 57.2 Å². The fourth-order valence-corrected chi connectivity index (χ4v) is 5.67. The Labute approximate surface area is 218 Å². The van der Waals surface area contributed by atoms with E-state index in [9.17, 15) is 13.6 Å². The van der Waals surface area contributed by atoms with Gasteiger partial charge in [0.25, 0.3) is 5.91 Å². The molecule has 3 aromatic rings. The van der Waals surface area contributed by atoms with E-state index in [1.54, 1.807) is 29.7 Å². The summed E-state index contributed by atoms with van der Waals surface area (Å²) in [5, 5.41) is 1.06. The van der Waals surface area contributed by atoms with Crippen molar-refractivity contribution in [2.75, 3.05) is 26.7 Å². The number of aryl methyl sites for hydroxylation is 1. The second-order valence-electron chi connectivity index (χ2n) is 10.4. The maximum atomic E-state index is 13.5. The van der Waals surface area contributed by atoms with Crippen LogP contribution in [-0.4, -0.2) is 70.4 Å². The highest BCUT2D eigenvalue weighted by molar-refractivity contribution is 6.00. The molecule has 6 rings (SSSR count). The molecule has 0 bridgehead atoms. The molecule has 2 fully saturated rings. The molecule has 0 radical (unpaired) electrons. The summed E-state index contributed by atoms with van der Waals surface area (Å²) in [6.45, 7) is -0.692. The van der Waals surface area contributed by atoms with Crippen LogP contribution in [0.1, 0.15) is 36.0 Å². The van der Waals surface area contributed by atoms with E-state index in [1.807, 2.05) is 0 Å². The quantitative estimate of drug-likeness (QED) is 0.508. The Morgan fingerprint density at radius 2 is 2.05 bits per heavy atom. The van der Waals surface area contributed by atoms with Gasteiger partial charge in [-0.15, -0.1) is 0 Å².